The molecule has 0 spiro atoms. The number of aromatic nitrogens is 5. The molecule has 0 atom stereocenters. The molecule has 1 saturated heterocycles. The largest absolute Gasteiger partial charge is 0.341 e. The molecule has 134 valence electrons. The van der Waals surface area contributed by atoms with E-state index >= 15 is 0 Å². The molecule has 4 heterocycles. The van der Waals surface area contributed by atoms with Crippen molar-refractivity contribution in [2.24, 2.45) is 7.05 Å². The Morgan fingerprint density at radius 1 is 1.08 bits per heavy atom. The molecule has 0 unspecified atom stereocenters. The van der Waals surface area contributed by atoms with E-state index in [0.717, 1.165) is 0 Å². The van der Waals surface area contributed by atoms with Gasteiger partial charge in [0.1, 0.15) is 5.15 Å². The zero-order chi connectivity index (χ0) is 18.3. The van der Waals surface area contributed by atoms with Gasteiger partial charge in [-0.15, -0.1) is 0 Å². The van der Waals surface area contributed by atoms with Crippen molar-refractivity contribution in [3.63, 3.8) is 0 Å². The molecule has 8 nitrogen and oxygen atoms in total. The molecule has 0 aromatic carbocycles. The molecule has 0 bridgehead atoms. The first kappa shape index (κ1) is 16.7. The van der Waals surface area contributed by atoms with Crippen molar-refractivity contribution >= 4 is 28.7 Å². The van der Waals surface area contributed by atoms with Crippen LogP contribution in [-0.2, 0) is 7.05 Å². The Labute approximate surface area is 153 Å². The first-order valence-corrected chi connectivity index (χ1v) is 8.74. The van der Waals surface area contributed by atoms with E-state index in [1.165, 1.54) is 9.13 Å². The summed E-state index contributed by atoms with van der Waals surface area (Å²) in [7, 11) is 1.57. The van der Waals surface area contributed by atoms with E-state index in [9.17, 15) is 9.59 Å². The molecule has 26 heavy (non-hydrogen) atoms. The van der Waals surface area contributed by atoms with Crippen molar-refractivity contribution < 1.29 is 0 Å². The number of piperidine rings is 1. The minimum atomic E-state index is -0.566. The lowest BCUT2D eigenvalue weighted by Gasteiger charge is -2.33. The van der Waals surface area contributed by atoms with Crippen molar-refractivity contribution in [2.45, 2.75) is 18.9 Å². The lowest BCUT2D eigenvalue weighted by molar-refractivity contribution is 0.389. The summed E-state index contributed by atoms with van der Waals surface area (Å²) in [5.41, 5.74) is -0.0912. The highest BCUT2D eigenvalue weighted by molar-refractivity contribution is 6.29. The highest BCUT2D eigenvalue weighted by atomic mass is 35.5. The highest BCUT2D eigenvalue weighted by Crippen LogP contribution is 2.25. The predicted octanol–water partition coefficient (Wildman–Crippen LogP) is 1.38. The summed E-state index contributed by atoms with van der Waals surface area (Å²) in [5.74, 6) is 0.674. The molecule has 0 aliphatic carbocycles. The van der Waals surface area contributed by atoms with Crippen LogP contribution in [0.25, 0.3) is 11.2 Å². The van der Waals surface area contributed by atoms with Crippen LogP contribution in [0.2, 0.25) is 5.15 Å². The third-order valence-corrected chi connectivity index (χ3v) is 4.99. The van der Waals surface area contributed by atoms with E-state index in [2.05, 4.69) is 19.9 Å². The van der Waals surface area contributed by atoms with E-state index in [1.807, 2.05) is 0 Å². The van der Waals surface area contributed by atoms with Gasteiger partial charge in [-0.05, 0) is 31.0 Å². The summed E-state index contributed by atoms with van der Waals surface area (Å²) < 4.78 is 2.83. The average molecular weight is 373 g/mol. The second-order valence-electron chi connectivity index (χ2n) is 6.28. The van der Waals surface area contributed by atoms with Gasteiger partial charge in [0.25, 0.3) is 0 Å². The third kappa shape index (κ3) is 2.76. The van der Waals surface area contributed by atoms with E-state index in [-0.39, 0.29) is 6.04 Å². The molecule has 1 fully saturated rings. The van der Waals surface area contributed by atoms with Gasteiger partial charge in [-0.1, -0.05) is 11.6 Å². The summed E-state index contributed by atoms with van der Waals surface area (Å²) in [5, 5.41) is 0.291. The molecule has 4 rings (SSSR count). The summed E-state index contributed by atoms with van der Waals surface area (Å²) >= 11 is 6.04. The number of pyridine rings is 1. The molecule has 9 heteroatoms. The Kier molecular flexibility index (Phi) is 4.20. The van der Waals surface area contributed by atoms with Crippen LogP contribution in [0, 0.1) is 0 Å². The number of nitrogens with zero attached hydrogens (tertiary/aromatic N) is 6. The van der Waals surface area contributed by atoms with Gasteiger partial charge in [0.15, 0.2) is 5.65 Å². The van der Waals surface area contributed by atoms with Crippen LogP contribution in [0.5, 0.6) is 0 Å². The van der Waals surface area contributed by atoms with E-state index in [1.54, 1.807) is 37.6 Å². The summed E-state index contributed by atoms with van der Waals surface area (Å²) in [6.45, 7) is 1.39. The smallest absolute Gasteiger partial charge is 0.318 e. The van der Waals surface area contributed by atoms with Gasteiger partial charge in [0, 0.05) is 38.6 Å². The molecule has 0 amide bonds. The Balaban J connectivity index is 1.73. The van der Waals surface area contributed by atoms with Gasteiger partial charge in [0.2, 0.25) is 5.95 Å². The average Bonchev–Trinajstić information content (AvgIpc) is 2.67. The first-order valence-electron chi connectivity index (χ1n) is 8.36. The van der Waals surface area contributed by atoms with Gasteiger partial charge < -0.3 is 9.47 Å². The maximum Gasteiger partial charge on any atom is 0.318 e. The van der Waals surface area contributed by atoms with E-state index < -0.39 is 11.1 Å². The van der Waals surface area contributed by atoms with Crippen molar-refractivity contribution in [1.29, 1.82) is 0 Å². The normalized spacial score (nSPS) is 15.5. The predicted molar refractivity (Wildman–Crippen MR) is 98.8 cm³/mol. The molecular weight excluding hydrogens is 356 g/mol. The molecule has 3 aromatic rings. The fourth-order valence-electron chi connectivity index (χ4n) is 3.43. The Hall–Kier alpha value is -2.74. The quantitative estimate of drug-likeness (QED) is 0.499. The number of fused-ring (bicyclic) bond motifs is 1. The fraction of sp³-hybridized carbons (Fsp3) is 0.353. The maximum absolute atomic E-state index is 12.7. The topological polar surface area (TPSA) is 85.9 Å². The number of anilines is 1. The zero-order valence-corrected chi connectivity index (χ0v) is 14.9. The van der Waals surface area contributed by atoms with Gasteiger partial charge in [-0.2, -0.15) is 0 Å². The SMILES string of the molecule is Cn1c(=O)c(=O)n(C2CCN(c3ncccn3)CC2)c2nc(Cl)ccc21. The van der Waals surface area contributed by atoms with Crippen molar-refractivity contribution in [3.05, 3.63) is 56.5 Å². The lowest BCUT2D eigenvalue weighted by atomic mass is 10.0. The molecule has 3 aromatic heterocycles. The van der Waals surface area contributed by atoms with Crippen LogP contribution in [-0.4, -0.2) is 37.2 Å². The van der Waals surface area contributed by atoms with Crippen LogP contribution in [0.3, 0.4) is 0 Å². The van der Waals surface area contributed by atoms with Crippen LogP contribution in [0.4, 0.5) is 5.95 Å². The van der Waals surface area contributed by atoms with Gasteiger partial charge in [0.05, 0.1) is 5.52 Å². The van der Waals surface area contributed by atoms with Gasteiger partial charge in [-0.25, -0.2) is 15.0 Å². The molecule has 0 saturated carbocycles. The molecular formula is C17H17ClN6O2. The van der Waals surface area contributed by atoms with Crippen LogP contribution >= 0.6 is 11.6 Å². The van der Waals surface area contributed by atoms with Gasteiger partial charge in [-0.3, -0.25) is 14.2 Å². The number of rotatable bonds is 2. The number of aryl methyl sites for hydroxylation is 1. The Bertz CT molecular complexity index is 1070. The minimum absolute atomic E-state index is 0.121. The summed E-state index contributed by atoms with van der Waals surface area (Å²) in [6.07, 6.45) is 4.79. The Morgan fingerprint density at radius 2 is 1.77 bits per heavy atom. The molecule has 0 N–H and O–H groups in total. The zero-order valence-electron chi connectivity index (χ0n) is 14.2. The summed E-state index contributed by atoms with van der Waals surface area (Å²) in [6, 6.07) is 4.99. The number of hydrogen-bond acceptors (Lipinski definition) is 6. The second-order valence-corrected chi connectivity index (χ2v) is 6.67. The van der Waals surface area contributed by atoms with Crippen LogP contribution in [0.15, 0.2) is 40.2 Å². The standard InChI is InChI=1S/C17H17ClN6O2/c1-22-12-3-4-13(18)21-14(12)24(16(26)15(22)25)11-5-9-23(10-6-11)17-19-7-2-8-20-17/h2-4,7-8,11H,5-6,9-10H2,1H3. The fourth-order valence-corrected chi connectivity index (χ4v) is 3.57. The van der Waals surface area contributed by atoms with Crippen LogP contribution in [0.1, 0.15) is 18.9 Å². The molecule has 0 radical (unpaired) electrons. The summed E-state index contributed by atoms with van der Waals surface area (Å²) in [4.78, 5) is 40.0. The monoisotopic (exact) mass is 372 g/mol. The number of halogens is 1. The lowest BCUT2D eigenvalue weighted by Crippen LogP contribution is -2.45. The van der Waals surface area contributed by atoms with Crippen LogP contribution < -0.4 is 16.0 Å². The number of hydrogen-bond donors (Lipinski definition) is 0. The molecule has 1 aliphatic heterocycles. The van der Waals surface area contributed by atoms with E-state index in [4.69, 9.17) is 11.6 Å². The molecule has 1 aliphatic rings. The second kappa shape index (κ2) is 6.53. The maximum atomic E-state index is 12.7. The van der Waals surface area contributed by atoms with Crippen molar-refractivity contribution in [2.75, 3.05) is 18.0 Å². The minimum Gasteiger partial charge on any atom is -0.341 e. The van der Waals surface area contributed by atoms with Crippen molar-refractivity contribution in [3.8, 4) is 0 Å². The van der Waals surface area contributed by atoms with Crippen molar-refractivity contribution in [1.82, 2.24) is 24.1 Å². The Morgan fingerprint density at radius 3 is 2.46 bits per heavy atom. The highest BCUT2D eigenvalue weighted by Gasteiger charge is 2.26. The third-order valence-electron chi connectivity index (χ3n) is 4.78. The van der Waals surface area contributed by atoms with Gasteiger partial charge >= 0.3 is 11.1 Å². The first-order chi connectivity index (χ1) is 12.6. The van der Waals surface area contributed by atoms with E-state index in [0.29, 0.717) is 48.2 Å².